The van der Waals surface area contributed by atoms with Crippen LogP contribution in [0.5, 0.6) is 0 Å². The van der Waals surface area contributed by atoms with E-state index in [1.807, 2.05) is 0 Å². The summed E-state index contributed by atoms with van der Waals surface area (Å²) in [5.41, 5.74) is 24.8. The Kier molecular flexibility index (Phi) is 9.35. The normalized spacial score (nSPS) is 25.2. The fourth-order valence-corrected chi connectivity index (χ4v) is 14.9. The monoisotopic (exact) mass is 924 g/mol. The van der Waals surface area contributed by atoms with E-state index < -0.39 is 0 Å². The van der Waals surface area contributed by atoms with Crippen molar-refractivity contribution in [2.75, 3.05) is 14.7 Å². The van der Waals surface area contributed by atoms with Crippen molar-refractivity contribution in [1.29, 1.82) is 0 Å². The van der Waals surface area contributed by atoms with Gasteiger partial charge in [-0.05, 0) is 158 Å². The molecule has 70 heavy (non-hydrogen) atoms. The minimum atomic E-state index is -0.340. The lowest BCUT2D eigenvalue weighted by Gasteiger charge is -2.54. The molecule has 1 saturated carbocycles. The highest BCUT2D eigenvalue weighted by Crippen LogP contribution is 2.67. The number of fused-ring (bicyclic) bond motifs is 12. The molecule has 2 aliphatic carbocycles. The maximum atomic E-state index is 2.93. The van der Waals surface area contributed by atoms with Crippen LogP contribution in [0.25, 0.3) is 0 Å². The van der Waals surface area contributed by atoms with Gasteiger partial charge < -0.3 is 14.7 Å². The van der Waals surface area contributed by atoms with Gasteiger partial charge >= 0.3 is 0 Å². The topological polar surface area (TPSA) is 9.72 Å². The van der Waals surface area contributed by atoms with Crippen molar-refractivity contribution in [3.05, 3.63) is 154 Å². The van der Waals surface area contributed by atoms with E-state index in [1.54, 1.807) is 0 Å². The fourth-order valence-electron chi connectivity index (χ4n) is 14.9. The zero-order valence-corrected chi connectivity index (χ0v) is 45.6. The number of hydrogen-bond donors (Lipinski definition) is 0. The summed E-state index contributed by atoms with van der Waals surface area (Å²) in [6.07, 6.45) is 7.05. The third-order valence-corrected chi connectivity index (χ3v) is 19.6. The van der Waals surface area contributed by atoms with Crippen molar-refractivity contribution in [2.45, 2.75) is 193 Å². The lowest BCUT2D eigenvalue weighted by Crippen LogP contribution is -2.64. The molecule has 0 N–H and O–H groups in total. The second kappa shape index (κ2) is 14.3. The summed E-state index contributed by atoms with van der Waals surface area (Å²) in [5.74, 6) is 0. The molecule has 4 heteroatoms. The van der Waals surface area contributed by atoms with Gasteiger partial charge in [0, 0.05) is 50.6 Å². The van der Waals surface area contributed by atoms with Gasteiger partial charge in [-0.25, -0.2) is 0 Å². The van der Waals surface area contributed by atoms with Gasteiger partial charge in [0.1, 0.15) is 0 Å². The third kappa shape index (κ3) is 5.95. The maximum absolute atomic E-state index is 2.93. The molecule has 6 aromatic rings. The zero-order valence-electron chi connectivity index (χ0n) is 45.6. The highest BCUT2D eigenvalue weighted by atomic mass is 15.3. The van der Waals surface area contributed by atoms with Gasteiger partial charge in [0.2, 0.25) is 0 Å². The molecule has 0 amide bonds. The van der Waals surface area contributed by atoms with E-state index >= 15 is 0 Å². The first-order chi connectivity index (χ1) is 32.7. The standard InChI is InChI=1S/C66H78BN3/c1-59(2,3)42-23-27-46(28-24-42)68-54-30-26-44(61(7,8)9)37-51(54)67-52-38-45(62(10,11)12)36-50-58(52)70(66(16)48-22-18-17-21-41(48)31-34-64(50,66)14)56-40-47(39-55(68)57(56)67)69-53-29-25-43(60(4,5)6)35-49(53)63(13)32-19-20-33-65(63,69)15/h17-18,21-30,35-40H,19-20,31-34H2,1-16H3. The third-order valence-electron chi connectivity index (χ3n) is 19.6. The first kappa shape index (κ1) is 45.9. The lowest BCUT2D eigenvalue weighted by atomic mass is 9.33. The number of benzene rings is 6. The average molecular weight is 924 g/mol. The second-order valence-corrected chi connectivity index (χ2v) is 27.7. The van der Waals surface area contributed by atoms with Crippen LogP contribution in [0.4, 0.5) is 39.8 Å². The van der Waals surface area contributed by atoms with E-state index in [4.69, 9.17) is 0 Å². The van der Waals surface area contributed by atoms with Crippen molar-refractivity contribution in [2.24, 2.45) is 0 Å². The van der Waals surface area contributed by atoms with Crippen LogP contribution in [0, 0.1) is 0 Å². The van der Waals surface area contributed by atoms with E-state index in [-0.39, 0.29) is 50.3 Å². The lowest BCUT2D eigenvalue weighted by molar-refractivity contribution is 0.195. The Bertz CT molecular complexity index is 3190. The molecular formula is C66H78BN3. The molecule has 0 bridgehead atoms. The quantitative estimate of drug-likeness (QED) is 0.160. The average Bonchev–Trinajstić information content (AvgIpc) is 3.64. The van der Waals surface area contributed by atoms with Crippen LogP contribution in [0.15, 0.2) is 109 Å². The van der Waals surface area contributed by atoms with E-state index in [9.17, 15) is 0 Å². The minimum absolute atomic E-state index is 0.000421. The van der Waals surface area contributed by atoms with Crippen LogP contribution in [0.3, 0.4) is 0 Å². The zero-order chi connectivity index (χ0) is 49.7. The molecule has 0 saturated heterocycles. The fraction of sp³-hybridized carbons (Fsp3) is 0.455. The molecule has 3 nitrogen and oxygen atoms in total. The number of nitrogens with zero attached hydrogens (tertiary/aromatic N) is 3. The summed E-state index contributed by atoms with van der Waals surface area (Å²) in [5, 5.41) is 0. The van der Waals surface area contributed by atoms with Crippen LogP contribution in [-0.4, -0.2) is 12.3 Å². The van der Waals surface area contributed by atoms with Gasteiger partial charge in [-0.3, -0.25) is 0 Å². The van der Waals surface area contributed by atoms with Crippen molar-refractivity contribution in [1.82, 2.24) is 0 Å². The van der Waals surface area contributed by atoms with E-state index in [0.717, 1.165) is 19.3 Å². The molecule has 0 aromatic heterocycles. The predicted octanol–water partition coefficient (Wildman–Crippen LogP) is 15.5. The van der Waals surface area contributed by atoms with Gasteiger partial charge in [0.15, 0.2) is 0 Å². The molecule has 4 aliphatic heterocycles. The predicted molar refractivity (Wildman–Crippen MR) is 301 cm³/mol. The number of hydrogen-bond acceptors (Lipinski definition) is 3. The number of rotatable bonds is 2. The van der Waals surface area contributed by atoms with E-state index in [1.165, 1.54) is 120 Å². The van der Waals surface area contributed by atoms with Crippen molar-refractivity contribution in [3.63, 3.8) is 0 Å². The minimum Gasteiger partial charge on any atom is -0.334 e. The smallest absolute Gasteiger partial charge is 0.252 e. The van der Waals surface area contributed by atoms with Gasteiger partial charge in [-0.2, -0.15) is 0 Å². The largest absolute Gasteiger partial charge is 0.334 e. The van der Waals surface area contributed by atoms with Crippen molar-refractivity contribution < 1.29 is 0 Å². The molecular weight excluding hydrogens is 846 g/mol. The summed E-state index contributed by atoms with van der Waals surface area (Å²) in [6.45, 7) is 39.1. The van der Waals surface area contributed by atoms with Gasteiger partial charge in [-0.1, -0.05) is 183 Å². The Morgan fingerprint density at radius 2 is 1.01 bits per heavy atom. The summed E-state index contributed by atoms with van der Waals surface area (Å²) in [7, 11) is 0. The van der Waals surface area contributed by atoms with Crippen molar-refractivity contribution in [3.8, 4) is 0 Å². The van der Waals surface area contributed by atoms with E-state index in [0.29, 0.717) is 0 Å². The number of aryl methyl sites for hydroxylation is 1. The molecule has 0 spiro atoms. The molecule has 0 radical (unpaired) electrons. The summed E-state index contributed by atoms with van der Waals surface area (Å²) in [6, 6.07) is 44.9. The molecule has 4 atom stereocenters. The second-order valence-electron chi connectivity index (χ2n) is 27.7. The summed E-state index contributed by atoms with van der Waals surface area (Å²) >= 11 is 0. The molecule has 12 rings (SSSR count). The Balaban J connectivity index is 1.24. The Morgan fingerprint density at radius 3 is 1.69 bits per heavy atom. The first-order valence-corrected chi connectivity index (χ1v) is 27.0. The number of anilines is 7. The summed E-state index contributed by atoms with van der Waals surface area (Å²) in [4.78, 5) is 8.48. The first-order valence-electron chi connectivity index (χ1n) is 27.0. The molecule has 4 unspecified atom stereocenters. The van der Waals surface area contributed by atoms with Gasteiger partial charge in [-0.15, -0.1) is 0 Å². The van der Waals surface area contributed by atoms with Crippen LogP contribution < -0.4 is 31.1 Å². The van der Waals surface area contributed by atoms with Crippen molar-refractivity contribution >= 4 is 62.9 Å². The highest BCUT2D eigenvalue weighted by Gasteiger charge is 2.64. The SMILES string of the molecule is CC(C)(C)c1ccc(N2c3ccc(C(C)(C)C)cc3B3c4cc(C(C)(C)C)cc5c4N(c4cc(N6c7ccc(C(C)(C)C)cc7C7(C)CCCCC67C)cc2c43)C2(C)c3ccccc3CCC52C)cc1. The van der Waals surface area contributed by atoms with E-state index in [2.05, 4.69) is 235 Å². The molecule has 6 aromatic carbocycles. The molecule has 360 valence electrons. The van der Waals surface area contributed by atoms with Crippen LogP contribution >= 0.6 is 0 Å². The summed E-state index contributed by atoms with van der Waals surface area (Å²) < 4.78 is 0. The van der Waals surface area contributed by atoms with Gasteiger partial charge in [0.25, 0.3) is 6.71 Å². The Morgan fingerprint density at radius 1 is 0.443 bits per heavy atom. The van der Waals surface area contributed by atoms with Crippen LogP contribution in [0.2, 0.25) is 0 Å². The maximum Gasteiger partial charge on any atom is 0.252 e. The van der Waals surface area contributed by atoms with Crippen LogP contribution in [-0.2, 0) is 44.4 Å². The van der Waals surface area contributed by atoms with Crippen LogP contribution in [0.1, 0.15) is 187 Å². The molecule has 1 fully saturated rings. The highest BCUT2D eigenvalue weighted by molar-refractivity contribution is 7.00. The Hall–Kier alpha value is -5.22. The molecule has 4 heterocycles. The van der Waals surface area contributed by atoms with Gasteiger partial charge in [0.05, 0.1) is 11.1 Å². The molecule has 6 aliphatic rings. The Labute approximate surface area is 422 Å².